The fourth-order valence-electron chi connectivity index (χ4n) is 2.75. The number of amides is 1. The van der Waals surface area contributed by atoms with Gasteiger partial charge in [0.2, 0.25) is 5.91 Å². The molecule has 2 aliphatic rings. The minimum Gasteiger partial charge on any atom is -0.378 e. The van der Waals surface area contributed by atoms with E-state index in [9.17, 15) is 4.79 Å². The second-order valence-corrected chi connectivity index (χ2v) is 5.68. The van der Waals surface area contributed by atoms with Gasteiger partial charge in [-0.25, -0.2) is 0 Å². The van der Waals surface area contributed by atoms with E-state index < -0.39 is 0 Å². The van der Waals surface area contributed by atoms with Crippen molar-refractivity contribution < 1.29 is 9.53 Å². The normalized spacial score (nSPS) is 24.5. The van der Waals surface area contributed by atoms with Crippen molar-refractivity contribution in [2.24, 2.45) is 0 Å². The Bertz CT molecular complexity index is 409. The van der Waals surface area contributed by atoms with Gasteiger partial charge in [0.1, 0.15) is 0 Å². The van der Waals surface area contributed by atoms with Crippen LogP contribution in [-0.2, 0) is 16.0 Å². The van der Waals surface area contributed by atoms with Crippen molar-refractivity contribution in [3.8, 4) is 0 Å². The van der Waals surface area contributed by atoms with Gasteiger partial charge in [0.05, 0.1) is 19.1 Å². The largest absolute Gasteiger partial charge is 0.378 e. The molecule has 3 rings (SSSR count). The molecule has 0 N–H and O–H groups in total. The number of rotatable bonds is 1. The first-order valence-corrected chi connectivity index (χ1v) is 7.17. The molecular formula is C13H17NO2S. The highest BCUT2D eigenvalue weighted by Gasteiger charge is 2.31. The SMILES string of the molecule is O=C(C1CCCc2sccc21)N1CCOCC1. The van der Waals surface area contributed by atoms with E-state index in [1.165, 1.54) is 10.4 Å². The third kappa shape index (κ3) is 2.11. The lowest BCUT2D eigenvalue weighted by Gasteiger charge is -2.32. The van der Waals surface area contributed by atoms with Gasteiger partial charge in [0, 0.05) is 18.0 Å². The molecule has 0 aromatic carbocycles. The first kappa shape index (κ1) is 11.2. The molecule has 4 heteroatoms. The maximum atomic E-state index is 12.5. The molecule has 1 aliphatic carbocycles. The van der Waals surface area contributed by atoms with Crippen molar-refractivity contribution in [3.05, 3.63) is 21.9 Å². The maximum absolute atomic E-state index is 12.5. The van der Waals surface area contributed by atoms with Crippen LogP contribution in [0.4, 0.5) is 0 Å². The van der Waals surface area contributed by atoms with Gasteiger partial charge < -0.3 is 9.64 Å². The lowest BCUT2D eigenvalue weighted by molar-refractivity contribution is -0.137. The van der Waals surface area contributed by atoms with Gasteiger partial charge in [-0.3, -0.25) is 4.79 Å². The number of nitrogens with zero attached hydrogens (tertiary/aromatic N) is 1. The molecule has 0 spiro atoms. The number of ether oxygens (including phenoxy) is 1. The van der Waals surface area contributed by atoms with Crippen LogP contribution in [0.2, 0.25) is 0 Å². The monoisotopic (exact) mass is 251 g/mol. The Morgan fingerprint density at radius 1 is 1.41 bits per heavy atom. The van der Waals surface area contributed by atoms with E-state index in [0.717, 1.165) is 32.4 Å². The highest BCUT2D eigenvalue weighted by Crippen LogP contribution is 2.36. The summed E-state index contributed by atoms with van der Waals surface area (Å²) in [5.74, 6) is 0.427. The second-order valence-electron chi connectivity index (χ2n) is 4.68. The zero-order valence-electron chi connectivity index (χ0n) is 9.85. The molecule has 1 atom stereocenters. The average Bonchev–Trinajstić information content (AvgIpc) is 2.87. The second kappa shape index (κ2) is 4.78. The number of carbonyl (C=O) groups excluding carboxylic acids is 1. The summed E-state index contributed by atoms with van der Waals surface area (Å²) >= 11 is 1.80. The molecular weight excluding hydrogens is 234 g/mol. The van der Waals surface area contributed by atoms with E-state index in [1.807, 2.05) is 4.90 Å². The highest BCUT2D eigenvalue weighted by atomic mass is 32.1. The molecule has 1 aromatic rings. The first-order valence-electron chi connectivity index (χ1n) is 6.29. The number of aryl methyl sites for hydroxylation is 1. The molecule has 1 aromatic heterocycles. The number of morpholine rings is 1. The van der Waals surface area contributed by atoms with Crippen LogP contribution < -0.4 is 0 Å². The molecule has 17 heavy (non-hydrogen) atoms. The van der Waals surface area contributed by atoms with Crippen LogP contribution >= 0.6 is 11.3 Å². The van der Waals surface area contributed by atoms with Crippen LogP contribution in [0.15, 0.2) is 11.4 Å². The van der Waals surface area contributed by atoms with Gasteiger partial charge in [-0.05, 0) is 36.3 Å². The van der Waals surface area contributed by atoms with Crippen molar-refractivity contribution in [2.45, 2.75) is 25.2 Å². The minimum absolute atomic E-state index is 0.114. The van der Waals surface area contributed by atoms with Crippen LogP contribution in [0, 0.1) is 0 Å². The third-order valence-corrected chi connectivity index (χ3v) is 4.67. The minimum atomic E-state index is 0.114. The molecule has 0 bridgehead atoms. The van der Waals surface area contributed by atoms with Gasteiger partial charge in [-0.1, -0.05) is 0 Å². The Balaban J connectivity index is 1.79. The van der Waals surface area contributed by atoms with Crippen molar-refractivity contribution in [1.82, 2.24) is 4.90 Å². The molecule has 1 unspecified atom stereocenters. The average molecular weight is 251 g/mol. The number of fused-ring (bicyclic) bond motifs is 1. The lowest BCUT2D eigenvalue weighted by Crippen LogP contribution is -2.43. The third-order valence-electron chi connectivity index (χ3n) is 3.67. The summed E-state index contributed by atoms with van der Waals surface area (Å²) in [6, 6.07) is 2.14. The predicted octanol–water partition coefficient (Wildman–Crippen LogP) is 2.03. The van der Waals surface area contributed by atoms with Gasteiger partial charge in [-0.15, -0.1) is 11.3 Å². The van der Waals surface area contributed by atoms with Crippen LogP contribution in [-0.4, -0.2) is 37.1 Å². The summed E-state index contributed by atoms with van der Waals surface area (Å²) in [7, 11) is 0. The van der Waals surface area contributed by atoms with Crippen molar-refractivity contribution in [3.63, 3.8) is 0 Å². The topological polar surface area (TPSA) is 29.5 Å². The number of hydrogen-bond donors (Lipinski definition) is 0. The maximum Gasteiger partial charge on any atom is 0.230 e. The Hall–Kier alpha value is -0.870. The summed E-state index contributed by atoms with van der Waals surface area (Å²) in [5.41, 5.74) is 1.29. The number of hydrogen-bond acceptors (Lipinski definition) is 3. The summed E-state index contributed by atoms with van der Waals surface area (Å²) in [5, 5.41) is 2.12. The van der Waals surface area contributed by atoms with Crippen LogP contribution in [0.3, 0.4) is 0 Å². The summed E-state index contributed by atoms with van der Waals surface area (Å²) < 4.78 is 5.30. The Morgan fingerprint density at radius 3 is 3.06 bits per heavy atom. The van der Waals surface area contributed by atoms with E-state index in [0.29, 0.717) is 19.1 Å². The summed E-state index contributed by atoms with van der Waals surface area (Å²) in [4.78, 5) is 15.9. The Labute approximate surface area is 105 Å². The van der Waals surface area contributed by atoms with Crippen molar-refractivity contribution >= 4 is 17.2 Å². The van der Waals surface area contributed by atoms with Crippen LogP contribution in [0.5, 0.6) is 0 Å². The van der Waals surface area contributed by atoms with Gasteiger partial charge >= 0.3 is 0 Å². The molecule has 1 aliphatic heterocycles. The fraction of sp³-hybridized carbons (Fsp3) is 0.615. The van der Waals surface area contributed by atoms with E-state index >= 15 is 0 Å². The molecule has 1 fully saturated rings. The quantitative estimate of drug-likeness (QED) is 0.764. The summed E-state index contributed by atoms with van der Waals surface area (Å²) in [6.45, 7) is 2.90. The van der Waals surface area contributed by atoms with E-state index in [4.69, 9.17) is 4.74 Å². The molecule has 3 nitrogen and oxygen atoms in total. The zero-order chi connectivity index (χ0) is 11.7. The van der Waals surface area contributed by atoms with Crippen LogP contribution in [0.25, 0.3) is 0 Å². The number of carbonyl (C=O) groups is 1. The Morgan fingerprint density at radius 2 is 2.24 bits per heavy atom. The van der Waals surface area contributed by atoms with E-state index in [-0.39, 0.29) is 5.92 Å². The smallest absolute Gasteiger partial charge is 0.230 e. The van der Waals surface area contributed by atoms with Crippen molar-refractivity contribution in [1.29, 1.82) is 0 Å². The summed E-state index contributed by atoms with van der Waals surface area (Å²) in [6.07, 6.45) is 3.31. The fourth-order valence-corrected chi connectivity index (χ4v) is 3.73. The standard InChI is InChI=1S/C13H17NO2S/c15-13(14-5-7-16-8-6-14)11-2-1-3-12-10(11)4-9-17-12/h4,9,11H,1-3,5-8H2. The predicted molar refractivity (Wildman–Crippen MR) is 67.4 cm³/mol. The van der Waals surface area contributed by atoms with Gasteiger partial charge in [-0.2, -0.15) is 0 Å². The first-order chi connectivity index (χ1) is 8.36. The lowest BCUT2D eigenvalue weighted by atomic mass is 9.86. The van der Waals surface area contributed by atoms with Gasteiger partial charge in [0.25, 0.3) is 0 Å². The molecule has 1 amide bonds. The zero-order valence-corrected chi connectivity index (χ0v) is 10.7. The van der Waals surface area contributed by atoms with Crippen molar-refractivity contribution in [2.75, 3.05) is 26.3 Å². The van der Waals surface area contributed by atoms with E-state index in [2.05, 4.69) is 11.4 Å². The molecule has 2 heterocycles. The Kier molecular flexibility index (Phi) is 3.16. The number of thiophene rings is 1. The van der Waals surface area contributed by atoms with E-state index in [1.54, 1.807) is 11.3 Å². The highest BCUT2D eigenvalue weighted by molar-refractivity contribution is 7.10. The molecule has 92 valence electrons. The molecule has 1 saturated heterocycles. The molecule has 0 saturated carbocycles. The molecule has 0 radical (unpaired) electrons. The van der Waals surface area contributed by atoms with Crippen LogP contribution in [0.1, 0.15) is 29.2 Å². The van der Waals surface area contributed by atoms with Gasteiger partial charge in [0.15, 0.2) is 0 Å².